The van der Waals surface area contributed by atoms with Crippen LogP contribution in [0.1, 0.15) is 34.8 Å². The van der Waals surface area contributed by atoms with Crippen LogP contribution in [0.2, 0.25) is 5.02 Å². The molecule has 0 saturated heterocycles. The lowest BCUT2D eigenvalue weighted by atomic mass is 9.86. The molecular weight excluding hydrogens is 372 g/mol. The van der Waals surface area contributed by atoms with Crippen molar-refractivity contribution in [2.75, 3.05) is 0 Å². The fourth-order valence-corrected chi connectivity index (χ4v) is 4.09. The number of hydrogen-bond donors (Lipinski definition) is 1. The van der Waals surface area contributed by atoms with Gasteiger partial charge in [-0.25, -0.2) is 4.79 Å². The van der Waals surface area contributed by atoms with Gasteiger partial charge in [0.2, 0.25) is 0 Å². The lowest BCUT2D eigenvalue weighted by Crippen LogP contribution is -2.38. The van der Waals surface area contributed by atoms with Crippen LogP contribution in [0.3, 0.4) is 0 Å². The molecule has 142 valence electrons. The molecule has 0 radical (unpaired) electrons. The van der Waals surface area contributed by atoms with Crippen LogP contribution in [0.25, 0.3) is 11.1 Å². The fourth-order valence-electron chi connectivity index (χ4n) is 3.88. The first-order valence-corrected chi connectivity index (χ1v) is 9.70. The first-order chi connectivity index (χ1) is 13.4. The minimum absolute atomic E-state index is 0.293. The molecule has 0 amide bonds. The second kappa shape index (κ2) is 7.33. The van der Waals surface area contributed by atoms with Crippen LogP contribution in [0.5, 0.6) is 5.75 Å². The topological polar surface area (TPSA) is 46.5 Å². The fraction of sp³-hybridized carbons (Fsp3) is 0.208. The van der Waals surface area contributed by atoms with Crippen LogP contribution in [0.4, 0.5) is 0 Å². The molecule has 1 atom stereocenters. The van der Waals surface area contributed by atoms with Crippen molar-refractivity contribution in [1.29, 1.82) is 0 Å². The van der Waals surface area contributed by atoms with Gasteiger partial charge in [0.05, 0.1) is 5.56 Å². The molecule has 0 fully saturated rings. The minimum atomic E-state index is -0.918. The molecule has 4 rings (SSSR count). The van der Waals surface area contributed by atoms with Gasteiger partial charge in [0.1, 0.15) is 11.4 Å². The van der Waals surface area contributed by atoms with Gasteiger partial charge in [0.15, 0.2) is 0 Å². The van der Waals surface area contributed by atoms with E-state index in [0.29, 0.717) is 5.56 Å². The summed E-state index contributed by atoms with van der Waals surface area (Å²) in [6, 6.07) is 20.9. The highest BCUT2D eigenvalue weighted by atomic mass is 35.5. The summed E-state index contributed by atoms with van der Waals surface area (Å²) < 4.78 is 6.37. The van der Waals surface area contributed by atoms with Crippen LogP contribution in [-0.2, 0) is 12.8 Å². The molecule has 1 aliphatic heterocycles. The van der Waals surface area contributed by atoms with E-state index in [1.807, 2.05) is 42.5 Å². The zero-order valence-corrected chi connectivity index (χ0v) is 16.4. The Morgan fingerprint density at radius 2 is 1.93 bits per heavy atom. The molecule has 0 bridgehead atoms. The predicted octanol–water partition coefficient (Wildman–Crippen LogP) is 6.03. The molecule has 0 aliphatic carbocycles. The summed E-state index contributed by atoms with van der Waals surface area (Å²) in [7, 11) is 0. The highest BCUT2D eigenvalue weighted by Crippen LogP contribution is 2.38. The summed E-state index contributed by atoms with van der Waals surface area (Å²) in [5.41, 5.74) is 3.92. The van der Waals surface area contributed by atoms with Crippen LogP contribution in [0, 0.1) is 0 Å². The number of ether oxygens (including phenoxy) is 1. The highest BCUT2D eigenvalue weighted by Gasteiger charge is 2.32. The predicted molar refractivity (Wildman–Crippen MR) is 111 cm³/mol. The van der Waals surface area contributed by atoms with E-state index in [-0.39, 0.29) is 5.60 Å². The molecule has 0 aromatic heterocycles. The van der Waals surface area contributed by atoms with Crippen molar-refractivity contribution in [3.63, 3.8) is 0 Å². The van der Waals surface area contributed by atoms with Crippen molar-refractivity contribution < 1.29 is 14.6 Å². The number of hydrogen-bond acceptors (Lipinski definition) is 2. The summed E-state index contributed by atoms with van der Waals surface area (Å²) >= 11 is 6.12. The van der Waals surface area contributed by atoms with Gasteiger partial charge >= 0.3 is 5.97 Å². The number of halogens is 1. The Morgan fingerprint density at radius 3 is 2.71 bits per heavy atom. The lowest BCUT2D eigenvalue weighted by Gasteiger charge is -2.36. The Morgan fingerprint density at radius 1 is 1.11 bits per heavy atom. The summed E-state index contributed by atoms with van der Waals surface area (Å²) in [6.45, 7) is 2.13. The van der Waals surface area contributed by atoms with E-state index in [2.05, 4.69) is 19.1 Å². The minimum Gasteiger partial charge on any atom is -0.487 e. The number of carbonyl (C=O) groups is 1. The van der Waals surface area contributed by atoms with Crippen LogP contribution >= 0.6 is 11.6 Å². The van der Waals surface area contributed by atoms with Crippen LogP contribution in [-0.4, -0.2) is 16.7 Å². The zero-order valence-electron chi connectivity index (χ0n) is 15.6. The number of aryl methyl sites for hydroxylation is 1. The summed E-state index contributed by atoms with van der Waals surface area (Å²) in [6.07, 6.45) is 2.56. The molecule has 3 nitrogen and oxygen atoms in total. The van der Waals surface area contributed by atoms with E-state index < -0.39 is 5.97 Å². The maximum atomic E-state index is 11.5. The third-order valence-electron chi connectivity index (χ3n) is 5.28. The normalized spacial score (nSPS) is 18.2. The van der Waals surface area contributed by atoms with E-state index in [0.717, 1.165) is 52.3 Å². The first-order valence-electron chi connectivity index (χ1n) is 9.33. The average Bonchev–Trinajstić information content (AvgIpc) is 2.67. The second-order valence-corrected chi connectivity index (χ2v) is 7.97. The van der Waals surface area contributed by atoms with Gasteiger partial charge < -0.3 is 9.84 Å². The van der Waals surface area contributed by atoms with E-state index in [1.165, 1.54) is 0 Å². The third kappa shape index (κ3) is 3.76. The first kappa shape index (κ1) is 18.6. The Hall–Kier alpha value is -2.78. The van der Waals surface area contributed by atoms with E-state index in [9.17, 15) is 9.90 Å². The number of rotatable bonds is 4. The lowest BCUT2D eigenvalue weighted by molar-refractivity contribution is 0.0654. The van der Waals surface area contributed by atoms with Crippen molar-refractivity contribution in [2.45, 2.75) is 31.8 Å². The third-order valence-corrected chi connectivity index (χ3v) is 5.51. The summed E-state index contributed by atoms with van der Waals surface area (Å²) in [5.74, 6) is -0.0500. The Labute approximate surface area is 169 Å². The largest absolute Gasteiger partial charge is 0.487 e. The molecule has 1 N–H and O–H groups in total. The van der Waals surface area contributed by atoms with E-state index in [4.69, 9.17) is 16.3 Å². The number of aromatic carboxylic acids is 1. The van der Waals surface area contributed by atoms with Gasteiger partial charge in [0.25, 0.3) is 0 Å². The van der Waals surface area contributed by atoms with Gasteiger partial charge in [0, 0.05) is 11.4 Å². The number of fused-ring (bicyclic) bond motifs is 1. The quantitative estimate of drug-likeness (QED) is 0.589. The van der Waals surface area contributed by atoms with Crippen molar-refractivity contribution >= 4 is 17.6 Å². The molecule has 1 aliphatic rings. The molecule has 28 heavy (non-hydrogen) atoms. The average molecular weight is 393 g/mol. The monoisotopic (exact) mass is 392 g/mol. The molecule has 0 unspecified atom stereocenters. The van der Waals surface area contributed by atoms with Gasteiger partial charge in [-0.1, -0.05) is 48.0 Å². The second-order valence-electron chi connectivity index (χ2n) is 7.53. The molecule has 1 heterocycles. The van der Waals surface area contributed by atoms with E-state index in [1.54, 1.807) is 12.1 Å². The molecule has 0 saturated carbocycles. The standard InChI is InChI=1S/C24H21ClO3/c1-24(15-16-5-4-6-19(25)13-16)12-11-18-14-17(9-10-22(18)28-24)20-7-2-3-8-21(20)23(26)27/h2-10,13-14H,11-12,15H2,1H3,(H,26,27)/t24-/m0/s1. The zero-order chi connectivity index (χ0) is 19.7. The summed E-state index contributed by atoms with van der Waals surface area (Å²) in [4.78, 5) is 11.5. The molecule has 4 heteroatoms. The summed E-state index contributed by atoms with van der Waals surface area (Å²) in [5, 5.41) is 10.2. The Bertz CT molecular complexity index is 1040. The van der Waals surface area contributed by atoms with Crippen molar-refractivity contribution in [3.8, 4) is 16.9 Å². The number of carboxylic acids is 1. The Kier molecular flexibility index (Phi) is 4.86. The molecule has 3 aromatic rings. The Balaban J connectivity index is 1.61. The molecule has 0 spiro atoms. The van der Waals surface area contributed by atoms with Gasteiger partial charge in [-0.2, -0.15) is 0 Å². The van der Waals surface area contributed by atoms with Crippen molar-refractivity contribution in [2.24, 2.45) is 0 Å². The SMILES string of the molecule is C[C@@]1(Cc2cccc(Cl)c2)CCc2cc(-c3ccccc3C(=O)O)ccc2O1. The van der Waals surface area contributed by atoms with Gasteiger partial charge in [-0.3, -0.25) is 0 Å². The van der Waals surface area contributed by atoms with Crippen LogP contribution < -0.4 is 4.74 Å². The number of benzene rings is 3. The van der Waals surface area contributed by atoms with Gasteiger partial charge in [-0.15, -0.1) is 0 Å². The van der Waals surface area contributed by atoms with Gasteiger partial charge in [-0.05, 0) is 72.4 Å². The van der Waals surface area contributed by atoms with Crippen molar-refractivity contribution in [1.82, 2.24) is 0 Å². The smallest absolute Gasteiger partial charge is 0.336 e. The van der Waals surface area contributed by atoms with E-state index >= 15 is 0 Å². The maximum Gasteiger partial charge on any atom is 0.336 e. The molecule has 3 aromatic carbocycles. The maximum absolute atomic E-state index is 11.5. The highest BCUT2D eigenvalue weighted by molar-refractivity contribution is 6.30. The van der Waals surface area contributed by atoms with Crippen LogP contribution in [0.15, 0.2) is 66.7 Å². The number of carboxylic acid groups (broad SMARTS) is 1. The van der Waals surface area contributed by atoms with Crippen molar-refractivity contribution in [3.05, 3.63) is 88.4 Å². The molecular formula is C24H21ClO3.